The molecule has 1 aliphatic rings. The average molecular weight is 437 g/mol. The van der Waals surface area contributed by atoms with Crippen LogP contribution >= 0.6 is 0 Å². The quantitative estimate of drug-likeness (QED) is 0.625. The predicted molar refractivity (Wildman–Crippen MR) is 130 cm³/mol. The van der Waals surface area contributed by atoms with Crippen molar-refractivity contribution in [2.75, 3.05) is 19.6 Å². The Bertz CT molecular complexity index is 1150. The van der Waals surface area contributed by atoms with Crippen LogP contribution in [0.5, 0.6) is 0 Å². The van der Waals surface area contributed by atoms with Gasteiger partial charge in [-0.3, -0.25) is 4.79 Å². The molecule has 0 unspecified atom stereocenters. The zero-order valence-corrected chi connectivity index (χ0v) is 20.2. The molecule has 2 N–H and O–H groups in total. The third-order valence-electron chi connectivity index (χ3n) is 6.60. The van der Waals surface area contributed by atoms with E-state index in [-0.39, 0.29) is 5.56 Å². The lowest BCUT2D eigenvalue weighted by Crippen LogP contribution is -2.42. The third-order valence-corrected chi connectivity index (χ3v) is 6.60. The van der Waals surface area contributed by atoms with E-state index in [1.165, 1.54) is 16.5 Å². The molecule has 0 amide bonds. The number of β-amino-alcohol motifs (C(OH)–C–C–N with tert-alkyl or cyclic N) is 1. The number of aryl methyl sites for hydroxylation is 2. The summed E-state index contributed by atoms with van der Waals surface area (Å²) in [7, 11) is 1.78. The first-order chi connectivity index (χ1) is 15.0. The Labute approximate surface area is 190 Å². The molecule has 0 saturated carbocycles. The maximum absolute atomic E-state index is 12.1. The molecule has 1 saturated heterocycles. The molecule has 0 spiro atoms. The molecule has 6 nitrogen and oxygen atoms in total. The Balaban J connectivity index is 1.68. The number of hydrogen-bond acceptors (Lipinski definition) is 4. The summed E-state index contributed by atoms with van der Waals surface area (Å²) in [5.74, 6) is 0.857. The van der Waals surface area contributed by atoms with Gasteiger partial charge in [0.15, 0.2) is 0 Å². The Morgan fingerprint density at radius 2 is 1.94 bits per heavy atom. The number of nitrogens with one attached hydrogen (secondary N) is 1. The SMILES string of the molecule is Cc1nc(-c2[nH]c3ccc(C4CCN(CC(C)(C)O)CC4)cc3c2C(C)C)cn(C)c1=O. The average Bonchev–Trinajstić information content (AvgIpc) is 3.10. The number of aliphatic hydroxyl groups is 1. The highest BCUT2D eigenvalue weighted by Crippen LogP contribution is 2.37. The number of piperidine rings is 1. The highest BCUT2D eigenvalue weighted by molar-refractivity contribution is 5.91. The summed E-state index contributed by atoms with van der Waals surface area (Å²) in [5, 5.41) is 11.4. The summed E-state index contributed by atoms with van der Waals surface area (Å²) in [6.45, 7) is 12.7. The lowest BCUT2D eigenvalue weighted by molar-refractivity contribution is 0.0282. The van der Waals surface area contributed by atoms with Crippen molar-refractivity contribution in [2.45, 2.75) is 64.9 Å². The number of benzene rings is 1. The minimum Gasteiger partial charge on any atom is -0.389 e. The molecule has 0 aliphatic carbocycles. The maximum atomic E-state index is 12.1. The van der Waals surface area contributed by atoms with E-state index in [0.717, 1.165) is 49.4 Å². The van der Waals surface area contributed by atoms with Crippen molar-refractivity contribution in [1.29, 1.82) is 0 Å². The topological polar surface area (TPSA) is 74.2 Å². The van der Waals surface area contributed by atoms with E-state index in [2.05, 4.69) is 46.9 Å². The Morgan fingerprint density at radius 3 is 2.53 bits per heavy atom. The fourth-order valence-electron chi connectivity index (χ4n) is 5.13. The summed E-state index contributed by atoms with van der Waals surface area (Å²) in [6, 6.07) is 6.80. The lowest BCUT2D eigenvalue weighted by Gasteiger charge is -2.35. The fourth-order valence-corrected chi connectivity index (χ4v) is 5.13. The van der Waals surface area contributed by atoms with Crippen molar-refractivity contribution < 1.29 is 5.11 Å². The molecule has 6 heteroatoms. The highest BCUT2D eigenvalue weighted by Gasteiger charge is 2.26. The number of aromatic amines is 1. The molecule has 0 atom stereocenters. The normalized spacial score (nSPS) is 16.4. The van der Waals surface area contributed by atoms with E-state index >= 15 is 0 Å². The van der Waals surface area contributed by atoms with Crippen LogP contribution in [-0.4, -0.2) is 49.8 Å². The Morgan fingerprint density at radius 1 is 1.25 bits per heavy atom. The maximum Gasteiger partial charge on any atom is 0.271 e. The van der Waals surface area contributed by atoms with Gasteiger partial charge in [0.05, 0.1) is 11.3 Å². The number of aromatic nitrogens is 3. The molecular formula is C26H36N4O2. The molecule has 32 heavy (non-hydrogen) atoms. The van der Waals surface area contributed by atoms with Gasteiger partial charge in [0.2, 0.25) is 0 Å². The van der Waals surface area contributed by atoms with Crippen LogP contribution in [0.3, 0.4) is 0 Å². The molecule has 0 bridgehead atoms. The number of nitrogens with zero attached hydrogens (tertiary/aromatic N) is 3. The minimum atomic E-state index is -0.646. The van der Waals surface area contributed by atoms with Crippen molar-refractivity contribution in [3.63, 3.8) is 0 Å². The molecular weight excluding hydrogens is 400 g/mol. The van der Waals surface area contributed by atoms with Gasteiger partial charge < -0.3 is 19.6 Å². The largest absolute Gasteiger partial charge is 0.389 e. The minimum absolute atomic E-state index is 0.0610. The van der Waals surface area contributed by atoms with Crippen molar-refractivity contribution in [1.82, 2.24) is 19.4 Å². The first-order valence-corrected chi connectivity index (χ1v) is 11.7. The van der Waals surface area contributed by atoms with Crippen molar-refractivity contribution in [3.05, 3.63) is 51.6 Å². The van der Waals surface area contributed by atoms with Gasteiger partial charge >= 0.3 is 0 Å². The van der Waals surface area contributed by atoms with Gasteiger partial charge in [-0.05, 0) is 81.8 Å². The summed E-state index contributed by atoms with van der Waals surface area (Å²) < 4.78 is 1.61. The zero-order chi connectivity index (χ0) is 23.2. The number of rotatable bonds is 5. The molecule has 1 aliphatic heterocycles. The van der Waals surface area contributed by atoms with Gasteiger partial charge in [-0.2, -0.15) is 0 Å². The van der Waals surface area contributed by atoms with Crippen LogP contribution in [0.25, 0.3) is 22.3 Å². The third kappa shape index (κ3) is 4.52. The summed E-state index contributed by atoms with van der Waals surface area (Å²) in [6.07, 6.45) is 4.04. The van der Waals surface area contributed by atoms with Crippen LogP contribution in [-0.2, 0) is 7.05 Å². The number of fused-ring (bicyclic) bond motifs is 1. The monoisotopic (exact) mass is 436 g/mol. The van der Waals surface area contributed by atoms with Crippen molar-refractivity contribution in [2.24, 2.45) is 7.05 Å². The van der Waals surface area contributed by atoms with E-state index in [1.54, 1.807) is 18.5 Å². The van der Waals surface area contributed by atoms with Crippen LogP contribution in [0.2, 0.25) is 0 Å². The summed E-state index contributed by atoms with van der Waals surface area (Å²) >= 11 is 0. The lowest BCUT2D eigenvalue weighted by atomic mass is 9.87. The van der Waals surface area contributed by atoms with E-state index < -0.39 is 5.60 Å². The van der Waals surface area contributed by atoms with E-state index in [4.69, 9.17) is 0 Å². The first kappa shape index (κ1) is 22.7. The standard InChI is InChI=1S/C26H36N4O2/c1-16(2)23-20-13-19(18-9-11-30(12-10-18)15-26(4,5)32)7-8-21(20)28-24(23)22-14-29(6)25(31)17(3)27-22/h7-8,13-14,16,18,28,32H,9-12,15H2,1-6H3. The van der Waals surface area contributed by atoms with Gasteiger partial charge in [-0.1, -0.05) is 19.9 Å². The second-order valence-electron chi connectivity index (χ2n) is 10.4. The molecule has 3 heterocycles. The van der Waals surface area contributed by atoms with Crippen LogP contribution in [0.15, 0.2) is 29.2 Å². The van der Waals surface area contributed by atoms with Crippen molar-refractivity contribution in [3.8, 4) is 11.4 Å². The number of likely N-dealkylation sites (tertiary alicyclic amines) is 1. The van der Waals surface area contributed by atoms with Crippen LogP contribution in [0.1, 0.15) is 69.2 Å². The summed E-state index contributed by atoms with van der Waals surface area (Å²) in [5.41, 5.74) is 5.37. The van der Waals surface area contributed by atoms with Crippen molar-refractivity contribution >= 4 is 10.9 Å². The van der Waals surface area contributed by atoms with Gasteiger partial charge in [-0.25, -0.2) is 4.98 Å². The van der Waals surface area contributed by atoms with Gasteiger partial charge in [0.25, 0.3) is 5.56 Å². The van der Waals surface area contributed by atoms with Crippen LogP contribution < -0.4 is 5.56 Å². The van der Waals surface area contributed by atoms with Gasteiger partial charge in [0, 0.05) is 30.7 Å². The second-order valence-corrected chi connectivity index (χ2v) is 10.4. The predicted octanol–water partition coefficient (Wildman–Crippen LogP) is 4.31. The highest BCUT2D eigenvalue weighted by atomic mass is 16.3. The van der Waals surface area contributed by atoms with Crippen LogP contribution in [0.4, 0.5) is 0 Å². The molecule has 1 aromatic carbocycles. The Kier molecular flexibility index (Phi) is 6.03. The number of H-pyrrole nitrogens is 1. The molecule has 172 valence electrons. The molecule has 4 rings (SSSR count). The number of hydrogen-bond donors (Lipinski definition) is 2. The van der Waals surface area contributed by atoms with E-state index in [1.807, 2.05) is 20.0 Å². The summed E-state index contributed by atoms with van der Waals surface area (Å²) in [4.78, 5) is 22.7. The first-order valence-electron chi connectivity index (χ1n) is 11.7. The molecule has 3 aromatic rings. The molecule has 0 radical (unpaired) electrons. The fraction of sp³-hybridized carbons (Fsp3) is 0.538. The van der Waals surface area contributed by atoms with E-state index in [9.17, 15) is 9.90 Å². The van der Waals surface area contributed by atoms with E-state index in [0.29, 0.717) is 17.5 Å². The zero-order valence-electron chi connectivity index (χ0n) is 20.2. The molecule has 1 fully saturated rings. The Hall–Kier alpha value is -2.44. The van der Waals surface area contributed by atoms with Crippen LogP contribution in [0, 0.1) is 6.92 Å². The smallest absolute Gasteiger partial charge is 0.271 e. The van der Waals surface area contributed by atoms with Gasteiger partial charge in [-0.15, -0.1) is 0 Å². The molecule has 2 aromatic heterocycles. The van der Waals surface area contributed by atoms with Gasteiger partial charge in [0.1, 0.15) is 11.4 Å². The second kappa shape index (κ2) is 8.49.